The highest BCUT2D eigenvalue weighted by Gasteiger charge is 2.34. The lowest BCUT2D eigenvalue weighted by Crippen LogP contribution is -2.34. The third-order valence-corrected chi connectivity index (χ3v) is 4.71. The number of aromatic nitrogens is 1. The van der Waals surface area contributed by atoms with Gasteiger partial charge in [0.2, 0.25) is 0 Å². The Balaban J connectivity index is 1.87. The van der Waals surface area contributed by atoms with Crippen molar-refractivity contribution in [2.24, 2.45) is 0 Å². The van der Waals surface area contributed by atoms with E-state index in [2.05, 4.69) is 10.3 Å². The lowest BCUT2D eigenvalue weighted by molar-refractivity contribution is -0.136. The second-order valence-electron chi connectivity index (χ2n) is 6.28. The molecule has 3 nitrogen and oxygen atoms in total. The van der Waals surface area contributed by atoms with E-state index in [9.17, 15) is 13.2 Å². The number of benzene rings is 2. The van der Waals surface area contributed by atoms with Crippen LogP contribution in [0.3, 0.4) is 0 Å². The number of nitrogens with zero attached hydrogens (tertiary/aromatic N) is 2. The van der Waals surface area contributed by atoms with E-state index in [1.807, 2.05) is 42.5 Å². The predicted octanol–water partition coefficient (Wildman–Crippen LogP) is 6.15. The molecular weight excluding hydrogens is 419 g/mol. The summed E-state index contributed by atoms with van der Waals surface area (Å²) in [4.78, 5) is 6.06. The highest BCUT2D eigenvalue weighted by Crippen LogP contribution is 2.36. The van der Waals surface area contributed by atoms with Crippen LogP contribution in [0.5, 0.6) is 0 Å². The van der Waals surface area contributed by atoms with Crippen molar-refractivity contribution in [2.75, 3.05) is 5.32 Å². The molecule has 150 valence electrons. The lowest BCUT2D eigenvalue weighted by atomic mass is 10.1. The largest absolute Gasteiger partial charge is 0.418 e. The fraction of sp³-hybridized carbons (Fsp3) is 0.143. The molecule has 1 aromatic heterocycles. The number of alkyl halides is 3. The van der Waals surface area contributed by atoms with Gasteiger partial charge in [-0.2, -0.15) is 13.2 Å². The molecule has 0 bridgehead atoms. The van der Waals surface area contributed by atoms with Crippen LogP contribution < -0.4 is 5.32 Å². The molecular formula is C21H17ClF3N3S. The molecule has 1 heterocycles. The minimum absolute atomic E-state index is 0.00317. The van der Waals surface area contributed by atoms with Crippen LogP contribution in [0.25, 0.3) is 0 Å². The summed E-state index contributed by atoms with van der Waals surface area (Å²) >= 11 is 11.2. The van der Waals surface area contributed by atoms with Gasteiger partial charge in [0, 0.05) is 17.8 Å². The standard InChI is InChI=1S/C21H17ClF3N3S/c22-16-9-10-19(18(12-16)21(23,24)25)27-20(29)28(13-15-6-2-1-3-7-15)14-17-8-4-5-11-26-17/h1-12H,13-14H2,(H,27,29). The van der Waals surface area contributed by atoms with E-state index in [0.29, 0.717) is 13.1 Å². The third-order valence-electron chi connectivity index (χ3n) is 4.11. The number of hydrogen-bond donors (Lipinski definition) is 1. The molecule has 3 aromatic rings. The Kier molecular flexibility index (Phi) is 6.71. The zero-order chi connectivity index (χ0) is 20.9. The van der Waals surface area contributed by atoms with Gasteiger partial charge in [0.1, 0.15) is 0 Å². The van der Waals surface area contributed by atoms with E-state index < -0.39 is 11.7 Å². The number of halogens is 4. The van der Waals surface area contributed by atoms with Gasteiger partial charge in [-0.15, -0.1) is 0 Å². The SMILES string of the molecule is FC(F)(F)c1cc(Cl)ccc1NC(=S)N(Cc1ccccc1)Cc1ccccn1. The van der Waals surface area contributed by atoms with Gasteiger partial charge >= 0.3 is 6.18 Å². The number of anilines is 1. The molecule has 0 amide bonds. The van der Waals surface area contributed by atoms with Crippen LogP contribution in [0, 0.1) is 0 Å². The molecule has 0 unspecified atom stereocenters. The molecule has 1 N–H and O–H groups in total. The average Bonchev–Trinajstić information content (AvgIpc) is 2.69. The maximum absolute atomic E-state index is 13.4. The van der Waals surface area contributed by atoms with Crippen molar-refractivity contribution in [3.8, 4) is 0 Å². The van der Waals surface area contributed by atoms with Crippen molar-refractivity contribution in [2.45, 2.75) is 19.3 Å². The van der Waals surface area contributed by atoms with Crippen LogP contribution in [0.1, 0.15) is 16.8 Å². The molecule has 0 fully saturated rings. The third kappa shape index (κ3) is 5.92. The summed E-state index contributed by atoms with van der Waals surface area (Å²) in [6.45, 7) is 0.759. The molecule has 8 heteroatoms. The molecule has 29 heavy (non-hydrogen) atoms. The van der Waals surface area contributed by atoms with Crippen LogP contribution in [0.4, 0.5) is 18.9 Å². The van der Waals surface area contributed by atoms with Crippen LogP contribution >= 0.6 is 23.8 Å². The molecule has 0 aliphatic heterocycles. The summed E-state index contributed by atoms with van der Waals surface area (Å²) in [5.74, 6) is 0. The van der Waals surface area contributed by atoms with Crippen molar-refractivity contribution in [3.05, 3.63) is 94.8 Å². The van der Waals surface area contributed by atoms with E-state index in [0.717, 1.165) is 17.3 Å². The maximum atomic E-state index is 13.4. The molecule has 0 atom stereocenters. The highest BCUT2D eigenvalue weighted by molar-refractivity contribution is 7.80. The van der Waals surface area contributed by atoms with Crippen molar-refractivity contribution in [1.82, 2.24) is 9.88 Å². The van der Waals surface area contributed by atoms with E-state index >= 15 is 0 Å². The first-order valence-corrected chi connectivity index (χ1v) is 9.48. The lowest BCUT2D eigenvalue weighted by Gasteiger charge is -2.27. The number of thiocarbonyl (C=S) groups is 1. The van der Waals surface area contributed by atoms with Crippen molar-refractivity contribution < 1.29 is 13.2 Å². The van der Waals surface area contributed by atoms with Crippen LogP contribution in [-0.2, 0) is 19.3 Å². The van der Waals surface area contributed by atoms with Gasteiger partial charge in [0.15, 0.2) is 5.11 Å². The van der Waals surface area contributed by atoms with Crippen LogP contribution in [0.2, 0.25) is 5.02 Å². The maximum Gasteiger partial charge on any atom is 0.418 e. The zero-order valence-electron chi connectivity index (χ0n) is 15.2. The Bertz CT molecular complexity index is 924. The van der Waals surface area contributed by atoms with E-state index in [4.69, 9.17) is 23.8 Å². The molecule has 0 radical (unpaired) electrons. The molecule has 0 saturated carbocycles. The molecule has 3 rings (SSSR count). The monoisotopic (exact) mass is 435 g/mol. The van der Waals surface area contributed by atoms with Gasteiger partial charge in [-0.1, -0.05) is 48.0 Å². The summed E-state index contributed by atoms with van der Waals surface area (Å²) < 4.78 is 40.2. The fourth-order valence-corrected chi connectivity index (χ4v) is 3.16. The smallest absolute Gasteiger partial charge is 0.339 e. The Labute approximate surface area is 177 Å². The van der Waals surface area contributed by atoms with Crippen molar-refractivity contribution in [1.29, 1.82) is 0 Å². The second-order valence-corrected chi connectivity index (χ2v) is 7.10. The first-order chi connectivity index (χ1) is 13.8. The van der Waals surface area contributed by atoms with Crippen LogP contribution in [-0.4, -0.2) is 15.0 Å². The first kappa shape index (κ1) is 21.1. The average molecular weight is 436 g/mol. The summed E-state index contributed by atoms with van der Waals surface area (Å²) in [5, 5.41) is 2.90. The number of hydrogen-bond acceptors (Lipinski definition) is 2. The molecule has 2 aromatic carbocycles. The van der Waals surface area contributed by atoms with Gasteiger partial charge in [-0.05, 0) is 48.1 Å². The van der Waals surface area contributed by atoms with E-state index in [-0.39, 0.29) is 15.8 Å². The Morgan fingerprint density at radius 3 is 2.38 bits per heavy atom. The summed E-state index contributed by atoms with van der Waals surface area (Å²) in [6, 6.07) is 18.6. The van der Waals surface area contributed by atoms with Gasteiger partial charge in [-0.3, -0.25) is 4.98 Å². The topological polar surface area (TPSA) is 28.2 Å². The van der Waals surface area contributed by atoms with E-state index in [1.54, 1.807) is 17.2 Å². The fourth-order valence-electron chi connectivity index (χ4n) is 2.74. The Morgan fingerprint density at radius 2 is 1.72 bits per heavy atom. The second kappa shape index (κ2) is 9.24. The number of nitrogens with one attached hydrogen (secondary N) is 1. The van der Waals surface area contributed by atoms with Gasteiger partial charge < -0.3 is 10.2 Å². The predicted molar refractivity (Wildman–Crippen MR) is 113 cm³/mol. The minimum Gasteiger partial charge on any atom is -0.339 e. The Morgan fingerprint density at radius 1 is 1.00 bits per heavy atom. The normalized spacial score (nSPS) is 11.2. The minimum atomic E-state index is -4.56. The van der Waals surface area contributed by atoms with E-state index in [1.165, 1.54) is 12.1 Å². The first-order valence-electron chi connectivity index (χ1n) is 8.69. The molecule has 0 spiro atoms. The molecule has 0 aliphatic rings. The zero-order valence-corrected chi connectivity index (χ0v) is 16.7. The summed E-state index contributed by atoms with van der Waals surface area (Å²) in [6.07, 6.45) is -2.90. The Hall–Kier alpha value is -2.64. The molecule has 0 saturated heterocycles. The van der Waals surface area contributed by atoms with Crippen LogP contribution in [0.15, 0.2) is 72.9 Å². The molecule has 0 aliphatic carbocycles. The summed E-state index contributed by atoms with van der Waals surface area (Å²) in [5.41, 5.74) is 0.704. The van der Waals surface area contributed by atoms with Gasteiger partial charge in [-0.25, -0.2) is 0 Å². The highest BCUT2D eigenvalue weighted by atomic mass is 35.5. The quantitative estimate of drug-likeness (QED) is 0.486. The van der Waals surface area contributed by atoms with Gasteiger partial charge in [0.25, 0.3) is 0 Å². The van der Waals surface area contributed by atoms with Crippen molar-refractivity contribution in [3.63, 3.8) is 0 Å². The number of rotatable bonds is 5. The number of pyridine rings is 1. The summed E-state index contributed by atoms with van der Waals surface area (Å²) in [7, 11) is 0. The van der Waals surface area contributed by atoms with Gasteiger partial charge in [0.05, 0.1) is 23.5 Å². The van der Waals surface area contributed by atoms with Crippen molar-refractivity contribution >= 4 is 34.6 Å².